The molecule has 1 saturated carbocycles. The predicted molar refractivity (Wildman–Crippen MR) is 85.7 cm³/mol. The number of hydrogen-bond donors (Lipinski definition) is 1. The number of carbonyl (C=O) groups excluding carboxylic acids is 1. The average Bonchev–Trinajstić information content (AvgIpc) is 3.27. The Morgan fingerprint density at radius 1 is 1.38 bits per heavy atom. The van der Waals surface area contributed by atoms with Gasteiger partial charge in [-0.05, 0) is 44.7 Å². The normalized spacial score (nSPS) is 14.3. The first kappa shape index (κ1) is 15.8. The van der Waals surface area contributed by atoms with Gasteiger partial charge < -0.3 is 15.0 Å². The van der Waals surface area contributed by atoms with E-state index < -0.39 is 0 Å². The van der Waals surface area contributed by atoms with E-state index in [4.69, 9.17) is 4.74 Å². The molecule has 0 heterocycles. The van der Waals surface area contributed by atoms with Crippen molar-refractivity contribution in [3.05, 3.63) is 29.8 Å². The molecule has 1 aliphatic rings. The lowest BCUT2D eigenvalue weighted by molar-refractivity contribution is 0.0682. The predicted octanol–water partition coefficient (Wildman–Crippen LogP) is 3.01. The molecular formula is C17H26N2O2. The van der Waals surface area contributed by atoms with Crippen molar-refractivity contribution < 1.29 is 9.53 Å². The van der Waals surface area contributed by atoms with Crippen LogP contribution in [0.5, 0.6) is 0 Å². The second kappa shape index (κ2) is 7.46. The maximum atomic E-state index is 12.5. The Morgan fingerprint density at radius 2 is 2.10 bits per heavy atom. The van der Waals surface area contributed by atoms with Crippen molar-refractivity contribution in [3.63, 3.8) is 0 Å². The Morgan fingerprint density at radius 3 is 2.76 bits per heavy atom. The summed E-state index contributed by atoms with van der Waals surface area (Å²) in [6.07, 6.45) is 2.59. The minimum Gasteiger partial charge on any atom is -0.382 e. The van der Waals surface area contributed by atoms with Crippen LogP contribution in [-0.2, 0) is 4.74 Å². The lowest BCUT2D eigenvalue weighted by atomic mass is 10.1. The molecule has 0 aliphatic heterocycles. The summed E-state index contributed by atoms with van der Waals surface area (Å²) >= 11 is 0. The zero-order valence-corrected chi connectivity index (χ0v) is 13.3. The molecule has 0 unspecified atom stereocenters. The first-order chi connectivity index (χ1) is 10.1. The molecule has 1 aromatic rings. The van der Waals surface area contributed by atoms with E-state index in [1.165, 1.54) is 12.8 Å². The van der Waals surface area contributed by atoms with Crippen molar-refractivity contribution in [3.8, 4) is 0 Å². The monoisotopic (exact) mass is 290 g/mol. The fourth-order valence-electron chi connectivity index (χ4n) is 2.15. The molecule has 1 N–H and O–H groups in total. The number of para-hydroxylation sites is 1. The van der Waals surface area contributed by atoms with Gasteiger partial charge in [0.25, 0.3) is 5.91 Å². The average molecular weight is 290 g/mol. The number of ether oxygens (including phenoxy) is 1. The highest BCUT2D eigenvalue weighted by molar-refractivity contribution is 5.99. The molecule has 0 saturated heterocycles. The lowest BCUT2D eigenvalue weighted by Crippen LogP contribution is -2.31. The van der Waals surface area contributed by atoms with Crippen LogP contribution >= 0.6 is 0 Å². The van der Waals surface area contributed by atoms with E-state index >= 15 is 0 Å². The summed E-state index contributed by atoms with van der Waals surface area (Å²) in [6.45, 7) is 6.21. The van der Waals surface area contributed by atoms with Gasteiger partial charge in [0.1, 0.15) is 0 Å². The topological polar surface area (TPSA) is 41.6 Å². The van der Waals surface area contributed by atoms with Crippen molar-refractivity contribution in [1.82, 2.24) is 4.90 Å². The Hall–Kier alpha value is -1.55. The van der Waals surface area contributed by atoms with E-state index in [-0.39, 0.29) is 5.91 Å². The summed E-state index contributed by atoms with van der Waals surface area (Å²) in [4.78, 5) is 14.2. The zero-order valence-electron chi connectivity index (χ0n) is 13.3. The minimum atomic E-state index is 0.0359. The van der Waals surface area contributed by atoms with E-state index in [1.807, 2.05) is 31.3 Å². The number of nitrogens with one attached hydrogen (secondary N) is 1. The number of likely N-dealkylation sites (N-methyl/N-ethyl adjacent to an activating group) is 1. The molecule has 4 heteroatoms. The van der Waals surface area contributed by atoms with Gasteiger partial charge in [0.2, 0.25) is 0 Å². The first-order valence-corrected chi connectivity index (χ1v) is 7.76. The van der Waals surface area contributed by atoms with Gasteiger partial charge in [-0.2, -0.15) is 0 Å². The summed E-state index contributed by atoms with van der Waals surface area (Å²) in [6, 6.07) is 7.96. The summed E-state index contributed by atoms with van der Waals surface area (Å²) < 4.78 is 5.60. The lowest BCUT2D eigenvalue weighted by Gasteiger charge is -2.20. The molecule has 2 rings (SSSR count). The highest BCUT2D eigenvalue weighted by atomic mass is 16.5. The van der Waals surface area contributed by atoms with Crippen LogP contribution in [0.15, 0.2) is 24.3 Å². The number of amides is 1. The highest BCUT2D eigenvalue weighted by Crippen LogP contribution is 2.28. The van der Waals surface area contributed by atoms with Gasteiger partial charge in [-0.1, -0.05) is 12.1 Å². The van der Waals surface area contributed by atoms with Crippen molar-refractivity contribution in [2.45, 2.75) is 32.7 Å². The second-order valence-corrected chi connectivity index (χ2v) is 6.09. The number of carbonyl (C=O) groups is 1. The van der Waals surface area contributed by atoms with Crippen LogP contribution in [0.3, 0.4) is 0 Å². The quantitative estimate of drug-likeness (QED) is 0.748. The number of hydrogen-bond acceptors (Lipinski definition) is 3. The molecule has 0 bridgehead atoms. The molecule has 116 valence electrons. The molecule has 0 spiro atoms. The third-order valence-corrected chi connectivity index (χ3v) is 3.57. The minimum absolute atomic E-state index is 0.0359. The molecule has 4 nitrogen and oxygen atoms in total. The third-order valence-electron chi connectivity index (χ3n) is 3.57. The first-order valence-electron chi connectivity index (χ1n) is 7.76. The Balaban J connectivity index is 1.88. The van der Waals surface area contributed by atoms with E-state index in [0.717, 1.165) is 23.8 Å². The third kappa shape index (κ3) is 5.05. The SMILES string of the molecule is CC(C)Nc1ccccc1C(=O)N(C)CCOCC1CC1. The summed E-state index contributed by atoms with van der Waals surface area (Å²) in [5.41, 5.74) is 1.61. The van der Waals surface area contributed by atoms with Crippen molar-refractivity contribution in [2.75, 3.05) is 32.1 Å². The van der Waals surface area contributed by atoms with Crippen LogP contribution in [0.2, 0.25) is 0 Å². The van der Waals surface area contributed by atoms with Gasteiger partial charge in [0, 0.05) is 31.9 Å². The van der Waals surface area contributed by atoms with Crippen molar-refractivity contribution >= 4 is 11.6 Å². The Bertz CT molecular complexity index is 470. The Kier molecular flexibility index (Phi) is 5.62. The molecule has 1 aromatic carbocycles. The highest BCUT2D eigenvalue weighted by Gasteiger charge is 2.21. The van der Waals surface area contributed by atoms with E-state index in [0.29, 0.717) is 19.2 Å². The van der Waals surface area contributed by atoms with Gasteiger partial charge in [-0.15, -0.1) is 0 Å². The maximum Gasteiger partial charge on any atom is 0.255 e. The van der Waals surface area contributed by atoms with Gasteiger partial charge in [-0.3, -0.25) is 4.79 Å². The van der Waals surface area contributed by atoms with Crippen LogP contribution in [0.25, 0.3) is 0 Å². The van der Waals surface area contributed by atoms with E-state index in [2.05, 4.69) is 19.2 Å². The summed E-state index contributed by atoms with van der Waals surface area (Å²) in [5.74, 6) is 0.802. The summed E-state index contributed by atoms with van der Waals surface area (Å²) in [7, 11) is 1.83. The molecule has 1 amide bonds. The van der Waals surface area contributed by atoms with E-state index in [1.54, 1.807) is 4.90 Å². The molecule has 0 radical (unpaired) electrons. The molecular weight excluding hydrogens is 264 g/mol. The standard InChI is InChI=1S/C17H26N2O2/c1-13(2)18-16-7-5-4-6-15(16)17(20)19(3)10-11-21-12-14-8-9-14/h4-7,13-14,18H,8-12H2,1-3H3. The summed E-state index contributed by atoms with van der Waals surface area (Å²) in [5, 5.41) is 3.32. The molecule has 1 aliphatic carbocycles. The largest absolute Gasteiger partial charge is 0.382 e. The number of nitrogens with zero attached hydrogens (tertiary/aromatic N) is 1. The number of anilines is 1. The number of rotatable bonds is 8. The molecule has 0 aromatic heterocycles. The molecule has 1 fully saturated rings. The van der Waals surface area contributed by atoms with Crippen LogP contribution in [-0.4, -0.2) is 43.7 Å². The van der Waals surface area contributed by atoms with Gasteiger partial charge >= 0.3 is 0 Å². The molecule has 0 atom stereocenters. The molecule has 21 heavy (non-hydrogen) atoms. The maximum absolute atomic E-state index is 12.5. The fourth-order valence-corrected chi connectivity index (χ4v) is 2.15. The second-order valence-electron chi connectivity index (χ2n) is 6.09. The fraction of sp³-hybridized carbons (Fsp3) is 0.588. The number of benzene rings is 1. The van der Waals surface area contributed by atoms with Crippen LogP contribution in [0.1, 0.15) is 37.0 Å². The van der Waals surface area contributed by atoms with Crippen molar-refractivity contribution in [2.24, 2.45) is 5.92 Å². The smallest absolute Gasteiger partial charge is 0.255 e. The van der Waals surface area contributed by atoms with Crippen LogP contribution in [0, 0.1) is 5.92 Å². The van der Waals surface area contributed by atoms with E-state index in [9.17, 15) is 4.79 Å². The van der Waals surface area contributed by atoms with Gasteiger partial charge in [0.05, 0.1) is 12.2 Å². The van der Waals surface area contributed by atoms with Crippen LogP contribution < -0.4 is 5.32 Å². The van der Waals surface area contributed by atoms with Gasteiger partial charge in [0.15, 0.2) is 0 Å². The zero-order chi connectivity index (χ0) is 15.2. The van der Waals surface area contributed by atoms with Crippen LogP contribution in [0.4, 0.5) is 5.69 Å². The Labute approximate surface area is 127 Å². The van der Waals surface area contributed by atoms with Crippen molar-refractivity contribution in [1.29, 1.82) is 0 Å². The van der Waals surface area contributed by atoms with Gasteiger partial charge in [-0.25, -0.2) is 0 Å².